The fraction of sp³-hybridized carbons (Fsp3) is 0.273. The summed E-state index contributed by atoms with van der Waals surface area (Å²) in [6.07, 6.45) is 1.81. The van der Waals surface area contributed by atoms with Gasteiger partial charge in [0.2, 0.25) is 12.3 Å². The predicted octanol–water partition coefficient (Wildman–Crippen LogP) is 0.606. The first-order valence-electron chi connectivity index (χ1n) is 5.45. The SMILES string of the molecule is O=CNC(CSCC(=O)Nc1cccnc1Cl)C(=O)O. The van der Waals surface area contributed by atoms with Crippen molar-refractivity contribution in [3.05, 3.63) is 23.5 Å². The van der Waals surface area contributed by atoms with Crippen LogP contribution in [0, 0.1) is 0 Å². The number of carbonyl (C=O) groups excluding carboxylic acids is 2. The largest absolute Gasteiger partial charge is 0.480 e. The van der Waals surface area contributed by atoms with Crippen molar-refractivity contribution in [1.82, 2.24) is 10.3 Å². The number of halogens is 1. The lowest BCUT2D eigenvalue weighted by Crippen LogP contribution is -2.38. The third-order valence-electron chi connectivity index (χ3n) is 2.12. The van der Waals surface area contributed by atoms with Crippen LogP contribution in [0.4, 0.5) is 5.69 Å². The number of nitrogens with zero attached hydrogens (tertiary/aromatic N) is 1. The molecule has 1 aromatic rings. The first-order valence-corrected chi connectivity index (χ1v) is 6.98. The van der Waals surface area contributed by atoms with E-state index in [-0.39, 0.29) is 22.6 Å². The number of pyridine rings is 1. The predicted molar refractivity (Wildman–Crippen MR) is 75.8 cm³/mol. The maximum Gasteiger partial charge on any atom is 0.327 e. The number of thioether (sulfide) groups is 1. The van der Waals surface area contributed by atoms with Gasteiger partial charge in [-0.2, -0.15) is 0 Å². The third kappa shape index (κ3) is 5.45. The van der Waals surface area contributed by atoms with Gasteiger partial charge in [0, 0.05) is 11.9 Å². The summed E-state index contributed by atoms with van der Waals surface area (Å²) in [5.41, 5.74) is 0.389. The van der Waals surface area contributed by atoms with E-state index in [2.05, 4.69) is 15.6 Å². The summed E-state index contributed by atoms with van der Waals surface area (Å²) in [5.74, 6) is -1.36. The summed E-state index contributed by atoms with van der Waals surface area (Å²) < 4.78 is 0. The van der Waals surface area contributed by atoms with Gasteiger partial charge < -0.3 is 15.7 Å². The van der Waals surface area contributed by atoms with E-state index in [0.717, 1.165) is 11.8 Å². The number of carbonyl (C=O) groups is 3. The summed E-state index contributed by atoms with van der Waals surface area (Å²) in [4.78, 5) is 36.4. The topological polar surface area (TPSA) is 108 Å². The summed E-state index contributed by atoms with van der Waals surface area (Å²) >= 11 is 6.86. The lowest BCUT2D eigenvalue weighted by molar-refractivity contribution is -0.139. The molecule has 7 nitrogen and oxygen atoms in total. The van der Waals surface area contributed by atoms with Crippen molar-refractivity contribution in [3.8, 4) is 0 Å². The minimum Gasteiger partial charge on any atom is -0.480 e. The normalized spacial score (nSPS) is 11.4. The molecule has 20 heavy (non-hydrogen) atoms. The molecule has 9 heteroatoms. The highest BCUT2D eigenvalue weighted by Gasteiger charge is 2.16. The second-order valence-corrected chi connectivity index (χ2v) is 4.97. The number of anilines is 1. The summed E-state index contributed by atoms with van der Waals surface area (Å²) in [7, 11) is 0. The Morgan fingerprint density at radius 2 is 2.30 bits per heavy atom. The molecule has 0 radical (unpaired) electrons. The summed E-state index contributed by atoms with van der Waals surface area (Å²) in [5, 5.41) is 13.7. The molecule has 0 aromatic carbocycles. The third-order valence-corrected chi connectivity index (χ3v) is 3.45. The van der Waals surface area contributed by atoms with Gasteiger partial charge in [-0.25, -0.2) is 9.78 Å². The fourth-order valence-electron chi connectivity index (χ4n) is 1.21. The molecular weight excluding hydrogens is 306 g/mol. The molecule has 0 aliphatic rings. The van der Waals surface area contributed by atoms with Gasteiger partial charge in [-0.15, -0.1) is 11.8 Å². The summed E-state index contributed by atoms with van der Waals surface area (Å²) in [6, 6.07) is 2.21. The number of amides is 2. The van der Waals surface area contributed by atoms with Crippen LogP contribution in [0.2, 0.25) is 5.15 Å². The molecule has 1 atom stereocenters. The van der Waals surface area contributed by atoms with E-state index in [9.17, 15) is 14.4 Å². The Balaban J connectivity index is 2.38. The van der Waals surface area contributed by atoms with Gasteiger partial charge in [0.15, 0.2) is 5.15 Å². The van der Waals surface area contributed by atoms with E-state index in [1.807, 2.05) is 0 Å². The fourth-order valence-corrected chi connectivity index (χ4v) is 2.22. The van der Waals surface area contributed by atoms with Gasteiger partial charge in [-0.05, 0) is 12.1 Å². The van der Waals surface area contributed by atoms with Crippen LogP contribution >= 0.6 is 23.4 Å². The molecule has 2 amide bonds. The van der Waals surface area contributed by atoms with Crippen molar-refractivity contribution in [2.45, 2.75) is 6.04 Å². The van der Waals surface area contributed by atoms with E-state index in [4.69, 9.17) is 16.7 Å². The second kappa shape index (κ2) is 8.39. The molecule has 0 fully saturated rings. The Bertz CT molecular complexity index is 500. The van der Waals surface area contributed by atoms with Gasteiger partial charge in [-0.1, -0.05) is 11.6 Å². The van der Waals surface area contributed by atoms with E-state index < -0.39 is 12.0 Å². The quantitative estimate of drug-likeness (QED) is 0.479. The average molecular weight is 318 g/mol. The van der Waals surface area contributed by atoms with E-state index in [1.165, 1.54) is 6.20 Å². The molecule has 0 aliphatic heterocycles. The number of aliphatic carboxylic acids is 1. The Kier molecular flexibility index (Phi) is 6.82. The zero-order valence-corrected chi connectivity index (χ0v) is 11.8. The van der Waals surface area contributed by atoms with Crippen molar-refractivity contribution in [3.63, 3.8) is 0 Å². The van der Waals surface area contributed by atoms with Crippen molar-refractivity contribution < 1.29 is 19.5 Å². The van der Waals surface area contributed by atoms with Crippen LogP contribution in [0.5, 0.6) is 0 Å². The maximum absolute atomic E-state index is 11.6. The molecule has 0 saturated carbocycles. The van der Waals surface area contributed by atoms with Gasteiger partial charge in [0.1, 0.15) is 6.04 Å². The molecule has 0 spiro atoms. The van der Waals surface area contributed by atoms with Crippen LogP contribution in [0.1, 0.15) is 0 Å². The van der Waals surface area contributed by atoms with Crippen LogP contribution in [0.15, 0.2) is 18.3 Å². The highest BCUT2D eigenvalue weighted by molar-refractivity contribution is 8.00. The Morgan fingerprint density at radius 1 is 1.55 bits per heavy atom. The molecule has 1 rings (SSSR count). The van der Waals surface area contributed by atoms with Crippen molar-refractivity contribution in [1.29, 1.82) is 0 Å². The van der Waals surface area contributed by atoms with Gasteiger partial charge >= 0.3 is 5.97 Å². The van der Waals surface area contributed by atoms with Gasteiger partial charge in [0.25, 0.3) is 0 Å². The monoisotopic (exact) mass is 317 g/mol. The van der Waals surface area contributed by atoms with Gasteiger partial charge in [0.05, 0.1) is 11.4 Å². The summed E-state index contributed by atoms with van der Waals surface area (Å²) in [6.45, 7) is 0. The molecule has 1 unspecified atom stereocenters. The van der Waals surface area contributed by atoms with Crippen LogP contribution < -0.4 is 10.6 Å². The highest BCUT2D eigenvalue weighted by Crippen LogP contribution is 2.17. The number of aromatic nitrogens is 1. The van der Waals surface area contributed by atoms with Crippen molar-refractivity contribution in [2.24, 2.45) is 0 Å². The Labute approximate surface area is 124 Å². The number of rotatable bonds is 8. The molecule has 0 aliphatic carbocycles. The van der Waals surface area contributed by atoms with E-state index in [0.29, 0.717) is 12.1 Å². The molecule has 1 heterocycles. The second-order valence-electron chi connectivity index (χ2n) is 3.58. The maximum atomic E-state index is 11.6. The first-order chi connectivity index (χ1) is 9.54. The van der Waals surface area contributed by atoms with Crippen molar-refractivity contribution in [2.75, 3.05) is 16.8 Å². The standard InChI is InChI=1S/C11H12ClN3O4S/c12-10-7(2-1-3-13-10)15-9(17)5-20-4-8(11(18)19)14-6-16/h1-3,6,8H,4-5H2,(H,14,16)(H,15,17)(H,18,19). The number of carboxylic acids is 1. The average Bonchev–Trinajstić information content (AvgIpc) is 2.40. The zero-order chi connectivity index (χ0) is 15.0. The Morgan fingerprint density at radius 3 is 2.90 bits per heavy atom. The number of nitrogens with one attached hydrogen (secondary N) is 2. The smallest absolute Gasteiger partial charge is 0.327 e. The molecule has 108 valence electrons. The number of hydrogen-bond donors (Lipinski definition) is 3. The lowest BCUT2D eigenvalue weighted by atomic mass is 10.3. The molecule has 0 saturated heterocycles. The zero-order valence-electron chi connectivity index (χ0n) is 10.2. The van der Waals surface area contributed by atoms with Crippen molar-refractivity contribution >= 4 is 47.3 Å². The first kappa shape index (κ1) is 16.3. The van der Waals surface area contributed by atoms with Crippen LogP contribution in [-0.2, 0) is 14.4 Å². The van der Waals surface area contributed by atoms with Gasteiger partial charge in [-0.3, -0.25) is 9.59 Å². The number of hydrogen-bond acceptors (Lipinski definition) is 5. The Hall–Kier alpha value is -1.80. The molecular formula is C11H12ClN3O4S. The highest BCUT2D eigenvalue weighted by atomic mass is 35.5. The van der Waals surface area contributed by atoms with Crippen LogP contribution in [-0.4, -0.2) is 45.9 Å². The van der Waals surface area contributed by atoms with E-state index >= 15 is 0 Å². The molecule has 1 aromatic heterocycles. The minimum atomic E-state index is -1.15. The van der Waals surface area contributed by atoms with E-state index in [1.54, 1.807) is 12.1 Å². The minimum absolute atomic E-state index is 0.0372. The number of carboxylic acid groups (broad SMARTS) is 1. The molecule has 3 N–H and O–H groups in total. The molecule has 0 bridgehead atoms. The van der Waals surface area contributed by atoms with Crippen LogP contribution in [0.25, 0.3) is 0 Å². The lowest BCUT2D eigenvalue weighted by Gasteiger charge is -2.10. The van der Waals surface area contributed by atoms with Crippen LogP contribution in [0.3, 0.4) is 0 Å².